The first kappa shape index (κ1) is 11.0. The third kappa shape index (κ3) is 7.06. The molecule has 0 saturated carbocycles. The lowest BCUT2D eigenvalue weighted by Gasteiger charge is -1.95. The molecule has 0 spiro atoms. The largest absolute Gasteiger partial charge is 0.411 e. The Bertz CT molecular complexity index is 198. The van der Waals surface area contributed by atoms with E-state index in [0.29, 0.717) is 0 Å². The summed E-state index contributed by atoms with van der Waals surface area (Å²) >= 11 is 0. The quantitative estimate of drug-likeness (QED) is 0.296. The first-order chi connectivity index (χ1) is 5.66. The van der Waals surface area contributed by atoms with Gasteiger partial charge in [0.15, 0.2) is 0 Å². The van der Waals surface area contributed by atoms with Gasteiger partial charge < -0.3 is 5.21 Å². The summed E-state index contributed by atoms with van der Waals surface area (Å²) in [5.74, 6) is 0. The first-order valence-electron chi connectivity index (χ1n) is 4.13. The molecule has 0 aromatic carbocycles. The Hall–Kier alpha value is -1.05. The van der Waals surface area contributed by atoms with Crippen LogP contribution in [0.3, 0.4) is 0 Å². The summed E-state index contributed by atoms with van der Waals surface area (Å²) in [6.45, 7) is 6.21. The molecule has 0 unspecified atom stereocenters. The van der Waals surface area contributed by atoms with Crippen molar-refractivity contribution in [1.82, 2.24) is 0 Å². The van der Waals surface area contributed by atoms with Gasteiger partial charge in [-0.1, -0.05) is 22.4 Å². The maximum atomic E-state index is 8.14. The third-order valence-electron chi connectivity index (χ3n) is 1.52. The highest BCUT2D eigenvalue weighted by Gasteiger charge is 1.86. The van der Waals surface area contributed by atoms with E-state index < -0.39 is 0 Å². The zero-order chi connectivity index (χ0) is 9.40. The number of allylic oxidation sites excluding steroid dienone is 4. The van der Waals surface area contributed by atoms with Crippen molar-refractivity contribution in [1.29, 1.82) is 0 Å². The number of oxime groups is 1. The Morgan fingerprint density at radius 2 is 2.00 bits per heavy atom. The normalized spacial score (nSPS) is 12.1. The number of nitrogens with zero attached hydrogens (tertiary/aromatic N) is 1. The zero-order valence-electron chi connectivity index (χ0n) is 8.04. The predicted octanol–water partition coefficient (Wildman–Crippen LogP) is 3.14. The molecule has 2 nitrogen and oxygen atoms in total. The predicted molar refractivity (Wildman–Crippen MR) is 52.7 cm³/mol. The van der Waals surface area contributed by atoms with Gasteiger partial charge in [0, 0.05) is 0 Å². The Morgan fingerprint density at radius 3 is 2.50 bits per heavy atom. The van der Waals surface area contributed by atoms with E-state index in [1.54, 1.807) is 0 Å². The van der Waals surface area contributed by atoms with Crippen molar-refractivity contribution < 1.29 is 5.21 Å². The molecule has 1 N–H and O–H groups in total. The van der Waals surface area contributed by atoms with Crippen molar-refractivity contribution >= 4 is 6.21 Å². The van der Waals surface area contributed by atoms with Crippen LogP contribution in [0.4, 0.5) is 0 Å². The fraction of sp³-hybridized carbons (Fsp3) is 0.500. The smallest absolute Gasteiger partial charge is 0.0660 e. The van der Waals surface area contributed by atoms with Crippen molar-refractivity contribution in [2.45, 2.75) is 33.6 Å². The maximum Gasteiger partial charge on any atom is 0.0660 e. The minimum Gasteiger partial charge on any atom is -0.411 e. The molecule has 0 saturated heterocycles. The van der Waals surface area contributed by atoms with Gasteiger partial charge in [-0.3, -0.25) is 0 Å². The molecule has 0 aromatic rings. The summed E-state index contributed by atoms with van der Waals surface area (Å²) in [6.07, 6.45) is 7.51. The number of hydrogen-bond acceptors (Lipinski definition) is 2. The van der Waals surface area contributed by atoms with Gasteiger partial charge in [-0.2, -0.15) is 0 Å². The van der Waals surface area contributed by atoms with Gasteiger partial charge in [-0.25, -0.2) is 0 Å². The van der Waals surface area contributed by atoms with Crippen molar-refractivity contribution in [3.63, 3.8) is 0 Å². The van der Waals surface area contributed by atoms with Gasteiger partial charge in [-0.05, 0) is 39.7 Å². The van der Waals surface area contributed by atoms with E-state index in [1.807, 2.05) is 13.0 Å². The van der Waals surface area contributed by atoms with E-state index in [9.17, 15) is 0 Å². The number of rotatable bonds is 4. The average Bonchev–Trinajstić information content (AvgIpc) is 2.00. The van der Waals surface area contributed by atoms with Crippen molar-refractivity contribution in [3.05, 3.63) is 23.3 Å². The fourth-order valence-electron chi connectivity index (χ4n) is 0.832. The molecule has 0 fully saturated rings. The molecule has 2 heteroatoms. The molecule has 0 amide bonds. The van der Waals surface area contributed by atoms with E-state index in [2.05, 4.69) is 25.1 Å². The van der Waals surface area contributed by atoms with Crippen molar-refractivity contribution in [2.75, 3.05) is 0 Å². The molecule has 0 aliphatic heterocycles. The Balaban J connectivity index is 3.71. The van der Waals surface area contributed by atoms with Crippen LogP contribution in [0.2, 0.25) is 0 Å². The van der Waals surface area contributed by atoms with Crippen LogP contribution in [0, 0.1) is 0 Å². The summed E-state index contributed by atoms with van der Waals surface area (Å²) < 4.78 is 0. The van der Waals surface area contributed by atoms with Crippen LogP contribution in [0.1, 0.15) is 33.6 Å². The van der Waals surface area contributed by atoms with Crippen LogP contribution in [-0.4, -0.2) is 11.4 Å². The average molecular weight is 167 g/mol. The minimum atomic E-state index is 1.02. The molecule has 0 heterocycles. The molecule has 12 heavy (non-hydrogen) atoms. The monoisotopic (exact) mass is 167 g/mol. The molecule has 0 radical (unpaired) electrons. The van der Waals surface area contributed by atoms with E-state index >= 15 is 0 Å². The first-order valence-corrected chi connectivity index (χ1v) is 4.13. The Labute approximate surface area is 74.3 Å². The number of hydrogen-bond donors (Lipinski definition) is 1. The SMILES string of the molecule is CC(C)=CCC/C(C)=C/C=NO. The highest BCUT2D eigenvalue weighted by molar-refractivity contribution is 5.71. The molecule has 0 aromatic heterocycles. The molecular weight excluding hydrogens is 150 g/mol. The summed E-state index contributed by atoms with van der Waals surface area (Å²) in [4.78, 5) is 0. The lowest BCUT2D eigenvalue weighted by Crippen LogP contribution is -1.78. The Morgan fingerprint density at radius 1 is 1.33 bits per heavy atom. The summed E-state index contributed by atoms with van der Waals surface area (Å²) in [6, 6.07) is 0. The van der Waals surface area contributed by atoms with Gasteiger partial charge in [0.1, 0.15) is 0 Å². The van der Waals surface area contributed by atoms with Crippen molar-refractivity contribution in [2.24, 2.45) is 5.16 Å². The Kier molecular flexibility index (Phi) is 6.07. The van der Waals surface area contributed by atoms with Crippen LogP contribution in [0.15, 0.2) is 28.5 Å². The minimum absolute atomic E-state index is 1.02. The summed E-state index contributed by atoms with van der Waals surface area (Å²) in [5.41, 5.74) is 2.57. The second-order valence-electron chi connectivity index (χ2n) is 3.10. The molecule has 0 bridgehead atoms. The fourth-order valence-corrected chi connectivity index (χ4v) is 0.832. The van der Waals surface area contributed by atoms with Gasteiger partial charge in [0.25, 0.3) is 0 Å². The standard InChI is InChI=1S/C10H17NO/c1-9(2)5-4-6-10(3)7-8-11-12/h5,7-8,12H,4,6H2,1-3H3/b10-7+,11-8?. The van der Waals surface area contributed by atoms with Gasteiger partial charge in [0.2, 0.25) is 0 Å². The van der Waals surface area contributed by atoms with Gasteiger partial charge in [0.05, 0.1) is 6.21 Å². The van der Waals surface area contributed by atoms with Crippen molar-refractivity contribution in [3.8, 4) is 0 Å². The molecular formula is C10H17NO. The summed E-state index contributed by atoms with van der Waals surface area (Å²) in [5, 5.41) is 11.0. The molecule has 0 aliphatic carbocycles. The molecule has 0 atom stereocenters. The molecule has 0 rings (SSSR count). The zero-order valence-corrected chi connectivity index (χ0v) is 8.04. The lowest BCUT2D eigenvalue weighted by molar-refractivity contribution is 0.322. The lowest BCUT2D eigenvalue weighted by atomic mass is 10.1. The topological polar surface area (TPSA) is 32.6 Å². The van der Waals surface area contributed by atoms with E-state index in [4.69, 9.17) is 5.21 Å². The highest BCUT2D eigenvalue weighted by Crippen LogP contribution is 2.05. The van der Waals surface area contributed by atoms with E-state index in [1.165, 1.54) is 17.4 Å². The molecule has 0 aliphatic rings. The van der Waals surface area contributed by atoms with E-state index in [0.717, 1.165) is 12.8 Å². The van der Waals surface area contributed by atoms with Crippen LogP contribution < -0.4 is 0 Å². The maximum absolute atomic E-state index is 8.14. The third-order valence-corrected chi connectivity index (χ3v) is 1.52. The van der Waals surface area contributed by atoms with E-state index in [-0.39, 0.29) is 0 Å². The van der Waals surface area contributed by atoms with Gasteiger partial charge in [-0.15, -0.1) is 0 Å². The summed E-state index contributed by atoms with van der Waals surface area (Å²) in [7, 11) is 0. The second kappa shape index (κ2) is 6.65. The highest BCUT2D eigenvalue weighted by atomic mass is 16.4. The van der Waals surface area contributed by atoms with Crippen LogP contribution in [-0.2, 0) is 0 Å². The second-order valence-corrected chi connectivity index (χ2v) is 3.10. The van der Waals surface area contributed by atoms with Gasteiger partial charge >= 0.3 is 0 Å². The van der Waals surface area contributed by atoms with Crippen LogP contribution >= 0.6 is 0 Å². The molecule has 68 valence electrons. The van der Waals surface area contributed by atoms with Crippen LogP contribution in [0.25, 0.3) is 0 Å². The van der Waals surface area contributed by atoms with Crippen LogP contribution in [0.5, 0.6) is 0 Å².